The van der Waals surface area contributed by atoms with Crippen molar-refractivity contribution in [3.05, 3.63) is 0 Å². The van der Waals surface area contributed by atoms with Gasteiger partial charge in [0.15, 0.2) is 5.78 Å². The van der Waals surface area contributed by atoms with Crippen LogP contribution in [0.5, 0.6) is 0 Å². The predicted molar refractivity (Wildman–Crippen MR) is 35.4 cm³/mol. The molecule has 0 saturated carbocycles. The second-order valence-corrected chi connectivity index (χ2v) is 2.29. The van der Waals surface area contributed by atoms with Crippen molar-refractivity contribution in [1.82, 2.24) is 5.32 Å². The zero-order chi connectivity index (χ0) is 8.27. The highest BCUT2D eigenvalue weighted by Gasteiger charge is 2.23. The summed E-state index contributed by atoms with van der Waals surface area (Å²) in [7, 11) is 0. The van der Waals surface area contributed by atoms with Gasteiger partial charge < -0.3 is 15.2 Å². The first-order valence-electron chi connectivity index (χ1n) is 3.30. The summed E-state index contributed by atoms with van der Waals surface area (Å²) in [6, 6.07) is -0.666. The van der Waals surface area contributed by atoms with Crippen molar-refractivity contribution in [2.75, 3.05) is 13.2 Å². The van der Waals surface area contributed by atoms with Crippen LogP contribution < -0.4 is 5.32 Å². The molecule has 0 bridgehead atoms. The minimum absolute atomic E-state index is 0.0985. The van der Waals surface area contributed by atoms with Gasteiger partial charge in [0, 0.05) is 6.42 Å². The van der Waals surface area contributed by atoms with Gasteiger partial charge in [-0.05, 0) is 0 Å². The summed E-state index contributed by atoms with van der Waals surface area (Å²) in [6.45, 7) is 0.557. The Labute approximate surface area is 63.3 Å². The first kappa shape index (κ1) is 8.00. The third-order valence-electron chi connectivity index (χ3n) is 1.46. The second kappa shape index (κ2) is 3.34. The highest BCUT2D eigenvalue weighted by Crippen LogP contribution is 2.01. The molecule has 0 aromatic rings. The van der Waals surface area contributed by atoms with Crippen LogP contribution in [0.3, 0.4) is 0 Å². The molecule has 1 aliphatic rings. The molecule has 1 amide bonds. The number of rotatable bonds is 1. The Hall–Kier alpha value is -1.10. The normalized spacial score (nSPS) is 24.7. The Morgan fingerprint density at radius 2 is 2.45 bits per heavy atom. The predicted octanol–water partition coefficient (Wildman–Crippen LogP) is -0.388. The summed E-state index contributed by atoms with van der Waals surface area (Å²) >= 11 is 0. The molecule has 1 saturated heterocycles. The van der Waals surface area contributed by atoms with Crippen LogP contribution in [-0.4, -0.2) is 36.2 Å². The van der Waals surface area contributed by atoms with E-state index in [2.05, 4.69) is 5.32 Å². The van der Waals surface area contributed by atoms with Crippen LogP contribution in [0.1, 0.15) is 6.42 Å². The smallest absolute Gasteiger partial charge is 0.405 e. The van der Waals surface area contributed by atoms with Crippen LogP contribution in [0.15, 0.2) is 0 Å². The van der Waals surface area contributed by atoms with Crippen molar-refractivity contribution >= 4 is 11.9 Å². The maximum atomic E-state index is 10.9. The van der Waals surface area contributed by atoms with Crippen LogP contribution in [0.25, 0.3) is 0 Å². The topological polar surface area (TPSA) is 75.6 Å². The molecule has 0 spiro atoms. The van der Waals surface area contributed by atoms with E-state index in [-0.39, 0.29) is 12.4 Å². The fourth-order valence-electron chi connectivity index (χ4n) is 0.912. The average molecular weight is 159 g/mol. The molecule has 0 radical (unpaired) electrons. The van der Waals surface area contributed by atoms with Crippen LogP contribution in [0, 0.1) is 0 Å². The van der Waals surface area contributed by atoms with Gasteiger partial charge >= 0.3 is 6.09 Å². The number of carbonyl (C=O) groups excluding carboxylic acids is 1. The van der Waals surface area contributed by atoms with Crippen molar-refractivity contribution in [1.29, 1.82) is 0 Å². The standard InChI is InChI=1S/C6H9NO4/c8-5-1-2-11-3-4(5)7-6(9)10/h4,7H,1-3H2,(H,9,10). The number of hydrogen-bond donors (Lipinski definition) is 2. The largest absolute Gasteiger partial charge is 0.465 e. The zero-order valence-corrected chi connectivity index (χ0v) is 5.87. The molecule has 1 fully saturated rings. The molecule has 1 rings (SSSR count). The summed E-state index contributed by atoms with van der Waals surface area (Å²) in [4.78, 5) is 21.0. The van der Waals surface area contributed by atoms with Gasteiger partial charge in [-0.15, -0.1) is 0 Å². The van der Waals surface area contributed by atoms with Gasteiger partial charge in [-0.3, -0.25) is 4.79 Å². The lowest BCUT2D eigenvalue weighted by atomic mass is 10.1. The Balaban J connectivity index is 2.42. The molecule has 62 valence electrons. The number of carboxylic acid groups (broad SMARTS) is 1. The Morgan fingerprint density at radius 1 is 1.73 bits per heavy atom. The van der Waals surface area contributed by atoms with Crippen molar-refractivity contribution in [2.45, 2.75) is 12.5 Å². The molecule has 11 heavy (non-hydrogen) atoms. The number of Topliss-reactive ketones (excluding diaryl/α,β-unsaturated/α-hetero) is 1. The number of amides is 1. The number of ketones is 1. The van der Waals surface area contributed by atoms with E-state index in [0.717, 1.165) is 0 Å². The van der Waals surface area contributed by atoms with E-state index < -0.39 is 12.1 Å². The number of hydrogen-bond acceptors (Lipinski definition) is 3. The van der Waals surface area contributed by atoms with Gasteiger partial charge in [-0.25, -0.2) is 4.79 Å². The fourth-order valence-corrected chi connectivity index (χ4v) is 0.912. The summed E-state index contributed by atoms with van der Waals surface area (Å²) in [5, 5.41) is 10.3. The molecule has 1 atom stereocenters. The minimum Gasteiger partial charge on any atom is -0.465 e. The van der Waals surface area contributed by atoms with E-state index in [1.165, 1.54) is 0 Å². The first-order chi connectivity index (χ1) is 5.20. The Bertz CT molecular complexity index is 179. The maximum absolute atomic E-state index is 10.9. The number of nitrogens with one attached hydrogen (secondary N) is 1. The zero-order valence-electron chi connectivity index (χ0n) is 5.87. The number of carbonyl (C=O) groups is 2. The van der Waals surface area contributed by atoms with Gasteiger partial charge in [0.05, 0.1) is 13.2 Å². The Kier molecular flexibility index (Phi) is 2.43. The lowest BCUT2D eigenvalue weighted by Gasteiger charge is -2.20. The summed E-state index contributed by atoms with van der Waals surface area (Å²) in [6.07, 6.45) is -0.890. The van der Waals surface area contributed by atoms with E-state index in [9.17, 15) is 9.59 Å². The molecule has 5 heteroatoms. The van der Waals surface area contributed by atoms with E-state index in [0.29, 0.717) is 13.0 Å². The molecule has 0 aromatic carbocycles. The van der Waals surface area contributed by atoms with Gasteiger partial charge in [0.2, 0.25) is 0 Å². The molecule has 1 heterocycles. The van der Waals surface area contributed by atoms with Gasteiger partial charge in [0.1, 0.15) is 6.04 Å². The lowest BCUT2D eigenvalue weighted by Crippen LogP contribution is -2.46. The molecule has 0 aliphatic carbocycles. The van der Waals surface area contributed by atoms with Gasteiger partial charge in [0.25, 0.3) is 0 Å². The van der Waals surface area contributed by atoms with E-state index >= 15 is 0 Å². The third-order valence-corrected chi connectivity index (χ3v) is 1.46. The van der Waals surface area contributed by atoms with E-state index in [1.54, 1.807) is 0 Å². The summed E-state index contributed by atoms with van der Waals surface area (Å²) in [5.74, 6) is -0.0985. The molecular weight excluding hydrogens is 150 g/mol. The van der Waals surface area contributed by atoms with Crippen LogP contribution >= 0.6 is 0 Å². The van der Waals surface area contributed by atoms with E-state index in [1.807, 2.05) is 0 Å². The molecular formula is C6H9NO4. The Morgan fingerprint density at radius 3 is 3.00 bits per heavy atom. The highest BCUT2D eigenvalue weighted by atomic mass is 16.5. The molecule has 0 aromatic heterocycles. The molecule has 2 N–H and O–H groups in total. The fraction of sp³-hybridized carbons (Fsp3) is 0.667. The first-order valence-corrected chi connectivity index (χ1v) is 3.30. The highest BCUT2D eigenvalue weighted by molar-refractivity contribution is 5.87. The van der Waals surface area contributed by atoms with Crippen molar-refractivity contribution < 1.29 is 19.4 Å². The van der Waals surface area contributed by atoms with Crippen LogP contribution in [0.4, 0.5) is 4.79 Å². The van der Waals surface area contributed by atoms with Crippen molar-refractivity contribution in [3.8, 4) is 0 Å². The van der Waals surface area contributed by atoms with Crippen LogP contribution in [-0.2, 0) is 9.53 Å². The maximum Gasteiger partial charge on any atom is 0.405 e. The van der Waals surface area contributed by atoms with E-state index in [4.69, 9.17) is 9.84 Å². The summed E-state index contributed by atoms with van der Waals surface area (Å²) in [5.41, 5.74) is 0. The SMILES string of the molecule is O=C(O)NC1COCCC1=O. The molecule has 5 nitrogen and oxygen atoms in total. The quantitative estimate of drug-likeness (QED) is 0.546. The van der Waals surface area contributed by atoms with Crippen LogP contribution in [0.2, 0.25) is 0 Å². The monoisotopic (exact) mass is 159 g/mol. The van der Waals surface area contributed by atoms with Gasteiger partial charge in [-0.2, -0.15) is 0 Å². The third kappa shape index (κ3) is 2.19. The summed E-state index contributed by atoms with van der Waals surface area (Å²) < 4.78 is 4.91. The van der Waals surface area contributed by atoms with Crippen molar-refractivity contribution in [3.63, 3.8) is 0 Å². The lowest BCUT2D eigenvalue weighted by molar-refractivity contribution is -0.127. The number of ether oxygens (including phenoxy) is 1. The van der Waals surface area contributed by atoms with Crippen molar-refractivity contribution in [2.24, 2.45) is 0 Å². The second-order valence-electron chi connectivity index (χ2n) is 2.29. The average Bonchev–Trinajstić information content (AvgIpc) is 1.93. The minimum atomic E-state index is -1.19. The molecule has 1 aliphatic heterocycles. The van der Waals surface area contributed by atoms with Gasteiger partial charge in [-0.1, -0.05) is 0 Å². The molecule has 1 unspecified atom stereocenters.